The second-order valence-corrected chi connectivity index (χ2v) is 7.08. The highest BCUT2D eigenvalue weighted by Crippen LogP contribution is 2.43. The average molecular weight is 346 g/mol. The first-order chi connectivity index (χ1) is 12.8. The van der Waals surface area contributed by atoms with Crippen LogP contribution in [0.25, 0.3) is 21.8 Å². The molecule has 0 fully saturated rings. The number of pyridine rings is 1. The molecule has 132 valence electrons. The van der Waals surface area contributed by atoms with Crippen LogP contribution < -0.4 is 4.74 Å². The minimum Gasteiger partial charge on any atom is -0.477 e. The van der Waals surface area contributed by atoms with Crippen molar-refractivity contribution in [3.63, 3.8) is 0 Å². The van der Waals surface area contributed by atoms with Crippen molar-refractivity contribution in [2.45, 2.75) is 19.8 Å². The molecule has 0 saturated heterocycles. The number of nitrogens with zero attached hydrogens (tertiary/aromatic N) is 4. The van der Waals surface area contributed by atoms with Crippen LogP contribution in [-0.2, 0) is 19.8 Å². The summed E-state index contributed by atoms with van der Waals surface area (Å²) in [4.78, 5) is 9.03. The van der Waals surface area contributed by atoms with Crippen molar-refractivity contribution < 1.29 is 4.74 Å². The highest BCUT2D eigenvalue weighted by molar-refractivity contribution is 6.12. The molecule has 0 aliphatic carbocycles. The molecule has 2 aliphatic rings. The second kappa shape index (κ2) is 5.97. The molecule has 3 aromatic rings. The van der Waals surface area contributed by atoms with E-state index in [1.165, 1.54) is 32.9 Å². The number of rotatable bonds is 4. The van der Waals surface area contributed by atoms with Gasteiger partial charge in [0.2, 0.25) is 0 Å². The molecule has 0 atom stereocenters. The van der Waals surface area contributed by atoms with Crippen molar-refractivity contribution in [3.8, 4) is 5.75 Å². The number of aromatic nitrogens is 2. The maximum atomic E-state index is 6.24. The van der Waals surface area contributed by atoms with E-state index in [-0.39, 0.29) is 0 Å². The van der Waals surface area contributed by atoms with E-state index < -0.39 is 0 Å². The molecule has 0 bridgehead atoms. The normalized spacial score (nSPS) is 17.2. The predicted octanol–water partition coefficient (Wildman–Crippen LogP) is 3.49. The van der Waals surface area contributed by atoms with E-state index >= 15 is 0 Å². The van der Waals surface area contributed by atoms with Crippen molar-refractivity contribution in [2.75, 3.05) is 19.8 Å². The van der Waals surface area contributed by atoms with E-state index in [0.717, 1.165) is 38.6 Å². The summed E-state index contributed by atoms with van der Waals surface area (Å²) in [7, 11) is 0. The van der Waals surface area contributed by atoms with Crippen LogP contribution >= 0.6 is 0 Å². The molecule has 2 aliphatic heterocycles. The summed E-state index contributed by atoms with van der Waals surface area (Å²) in [5.74, 6) is 1.04. The molecule has 26 heavy (non-hydrogen) atoms. The molecule has 0 N–H and O–H groups in total. The fourth-order valence-electron chi connectivity index (χ4n) is 4.35. The Labute approximate surface area is 152 Å². The maximum Gasteiger partial charge on any atom is 0.142 e. The Morgan fingerprint density at radius 2 is 1.92 bits per heavy atom. The van der Waals surface area contributed by atoms with E-state index in [0.29, 0.717) is 6.73 Å². The van der Waals surface area contributed by atoms with Gasteiger partial charge in [0.15, 0.2) is 0 Å². The van der Waals surface area contributed by atoms with Gasteiger partial charge in [-0.3, -0.25) is 14.8 Å². The van der Waals surface area contributed by atoms with E-state index in [2.05, 4.69) is 44.6 Å². The molecule has 5 heteroatoms. The first kappa shape index (κ1) is 15.6. The van der Waals surface area contributed by atoms with Gasteiger partial charge in [0, 0.05) is 43.3 Å². The Balaban J connectivity index is 1.77. The van der Waals surface area contributed by atoms with Gasteiger partial charge in [-0.05, 0) is 17.7 Å². The Bertz CT molecular complexity index is 1040. The Hall–Kier alpha value is -2.63. The van der Waals surface area contributed by atoms with Crippen molar-refractivity contribution in [1.82, 2.24) is 19.4 Å². The molecule has 4 heterocycles. The van der Waals surface area contributed by atoms with Crippen LogP contribution in [0.1, 0.15) is 11.1 Å². The summed E-state index contributed by atoms with van der Waals surface area (Å²) >= 11 is 0. The lowest BCUT2D eigenvalue weighted by molar-refractivity contribution is 0.109. The SMILES string of the molecule is C=CCN1COc2c(cc3c4c2c2ccncc2n4CN(CC=C)C3)C1. The third-order valence-corrected chi connectivity index (χ3v) is 5.33. The summed E-state index contributed by atoms with van der Waals surface area (Å²) in [5.41, 5.74) is 5.08. The van der Waals surface area contributed by atoms with E-state index in [1.807, 2.05) is 24.5 Å². The monoisotopic (exact) mass is 346 g/mol. The topological polar surface area (TPSA) is 33.5 Å². The molecule has 5 nitrogen and oxygen atoms in total. The Morgan fingerprint density at radius 1 is 1.12 bits per heavy atom. The summed E-state index contributed by atoms with van der Waals surface area (Å²) < 4.78 is 8.61. The van der Waals surface area contributed by atoms with Crippen LogP contribution in [0.5, 0.6) is 5.75 Å². The summed E-state index contributed by atoms with van der Waals surface area (Å²) in [5, 5.41) is 2.47. The maximum absolute atomic E-state index is 6.24. The third kappa shape index (κ3) is 2.21. The van der Waals surface area contributed by atoms with Gasteiger partial charge in [0.1, 0.15) is 12.5 Å². The second-order valence-electron chi connectivity index (χ2n) is 7.08. The van der Waals surface area contributed by atoms with Gasteiger partial charge < -0.3 is 9.30 Å². The zero-order valence-electron chi connectivity index (χ0n) is 14.8. The molecular weight excluding hydrogens is 324 g/mol. The fraction of sp³-hybridized carbons (Fsp3) is 0.286. The highest BCUT2D eigenvalue weighted by atomic mass is 16.5. The first-order valence-corrected chi connectivity index (χ1v) is 9.00. The van der Waals surface area contributed by atoms with Gasteiger partial charge >= 0.3 is 0 Å². The molecule has 1 aromatic carbocycles. The standard InChI is InChI=1S/C21H22N4O/c1-3-7-23-11-15-9-16-12-24(8-4-2)14-26-21(16)19-17-5-6-22-10-18(17)25(13-23)20(15)19/h3-6,9-10H,1-2,7-8,11-14H2. The molecule has 0 spiro atoms. The van der Waals surface area contributed by atoms with Crippen LogP contribution in [-0.4, -0.2) is 39.2 Å². The van der Waals surface area contributed by atoms with Gasteiger partial charge in [0.05, 0.1) is 29.3 Å². The number of benzene rings is 1. The number of fused-ring (bicyclic) bond motifs is 5. The van der Waals surface area contributed by atoms with E-state index in [4.69, 9.17) is 4.74 Å². The van der Waals surface area contributed by atoms with Crippen LogP contribution in [0.2, 0.25) is 0 Å². The van der Waals surface area contributed by atoms with Gasteiger partial charge in [-0.25, -0.2) is 0 Å². The Morgan fingerprint density at radius 3 is 2.77 bits per heavy atom. The largest absolute Gasteiger partial charge is 0.477 e. The molecular formula is C21H22N4O. The number of ether oxygens (including phenoxy) is 1. The summed E-state index contributed by atoms with van der Waals surface area (Å²) in [6.07, 6.45) is 7.74. The molecule has 0 saturated carbocycles. The van der Waals surface area contributed by atoms with E-state index in [9.17, 15) is 0 Å². The number of hydrogen-bond acceptors (Lipinski definition) is 4. The van der Waals surface area contributed by atoms with Crippen LogP contribution in [0.15, 0.2) is 49.8 Å². The van der Waals surface area contributed by atoms with Gasteiger partial charge in [0.25, 0.3) is 0 Å². The lowest BCUT2D eigenvalue weighted by Gasteiger charge is -2.32. The molecule has 0 amide bonds. The van der Waals surface area contributed by atoms with Gasteiger partial charge in [-0.2, -0.15) is 0 Å². The summed E-state index contributed by atoms with van der Waals surface area (Å²) in [6.45, 7) is 12.8. The van der Waals surface area contributed by atoms with Crippen LogP contribution in [0, 0.1) is 0 Å². The zero-order valence-corrected chi connectivity index (χ0v) is 14.8. The zero-order chi connectivity index (χ0) is 17.7. The van der Waals surface area contributed by atoms with Crippen molar-refractivity contribution in [3.05, 3.63) is 61.0 Å². The molecule has 0 radical (unpaired) electrons. The number of hydrogen-bond donors (Lipinski definition) is 0. The minimum atomic E-state index is 0.605. The van der Waals surface area contributed by atoms with Crippen LogP contribution in [0.3, 0.4) is 0 Å². The van der Waals surface area contributed by atoms with Crippen molar-refractivity contribution in [2.24, 2.45) is 0 Å². The smallest absolute Gasteiger partial charge is 0.142 e. The van der Waals surface area contributed by atoms with Crippen molar-refractivity contribution >= 4 is 21.8 Å². The van der Waals surface area contributed by atoms with Gasteiger partial charge in [-0.15, -0.1) is 13.2 Å². The van der Waals surface area contributed by atoms with E-state index in [1.54, 1.807) is 0 Å². The van der Waals surface area contributed by atoms with Crippen LogP contribution in [0.4, 0.5) is 0 Å². The highest BCUT2D eigenvalue weighted by Gasteiger charge is 2.28. The average Bonchev–Trinajstić information content (AvgIpc) is 2.98. The fourth-order valence-corrected chi connectivity index (χ4v) is 4.35. The predicted molar refractivity (Wildman–Crippen MR) is 104 cm³/mol. The minimum absolute atomic E-state index is 0.605. The molecule has 5 rings (SSSR count). The molecule has 0 unspecified atom stereocenters. The lowest BCUT2D eigenvalue weighted by Crippen LogP contribution is -2.33. The summed E-state index contributed by atoms with van der Waals surface area (Å²) in [6, 6.07) is 4.44. The quantitative estimate of drug-likeness (QED) is 0.677. The first-order valence-electron chi connectivity index (χ1n) is 9.00. The lowest BCUT2D eigenvalue weighted by atomic mass is 10.0. The third-order valence-electron chi connectivity index (χ3n) is 5.33. The van der Waals surface area contributed by atoms with Crippen molar-refractivity contribution in [1.29, 1.82) is 0 Å². The van der Waals surface area contributed by atoms with Gasteiger partial charge in [-0.1, -0.05) is 12.2 Å². The molecule has 2 aromatic heterocycles. The Kier molecular flexibility index (Phi) is 3.58.